The summed E-state index contributed by atoms with van der Waals surface area (Å²) in [4.78, 5) is 12.5. The highest BCUT2D eigenvalue weighted by Gasteiger charge is 2.41. The van der Waals surface area contributed by atoms with Crippen LogP contribution in [0.3, 0.4) is 0 Å². The quantitative estimate of drug-likeness (QED) is 0.863. The zero-order valence-corrected chi connectivity index (χ0v) is 12.5. The molecule has 4 heteroatoms. The van der Waals surface area contributed by atoms with E-state index in [4.69, 9.17) is 4.74 Å². The monoisotopic (exact) mass is 283 g/mol. The van der Waals surface area contributed by atoms with E-state index in [2.05, 4.69) is 5.32 Å². The molecule has 2 unspecified atom stereocenters. The first-order valence-electron chi connectivity index (χ1n) is 7.75. The molecule has 2 atom stereocenters. The van der Waals surface area contributed by atoms with Gasteiger partial charge in [-0.05, 0) is 25.7 Å². The molecule has 1 saturated carbocycles. The van der Waals surface area contributed by atoms with Crippen molar-refractivity contribution >= 4 is 17.5 Å². The number of ketones is 1. The maximum absolute atomic E-state index is 12.5. The van der Waals surface area contributed by atoms with Crippen molar-refractivity contribution in [2.45, 2.75) is 56.6 Å². The van der Waals surface area contributed by atoms with Crippen molar-refractivity contribution in [3.63, 3.8) is 0 Å². The van der Waals surface area contributed by atoms with Crippen molar-refractivity contribution < 1.29 is 9.53 Å². The smallest absolute Gasteiger partial charge is 0.137 e. The van der Waals surface area contributed by atoms with Crippen molar-refractivity contribution in [1.29, 1.82) is 0 Å². The maximum Gasteiger partial charge on any atom is 0.137 e. The van der Waals surface area contributed by atoms with Gasteiger partial charge in [0, 0.05) is 43.0 Å². The minimum Gasteiger partial charge on any atom is -0.375 e. The van der Waals surface area contributed by atoms with Crippen LogP contribution < -0.4 is 5.32 Å². The molecule has 3 nitrogen and oxygen atoms in total. The first kappa shape index (κ1) is 13.9. The van der Waals surface area contributed by atoms with Crippen molar-refractivity contribution in [3.05, 3.63) is 0 Å². The normalized spacial score (nSPS) is 34.5. The van der Waals surface area contributed by atoms with Crippen LogP contribution in [-0.4, -0.2) is 42.1 Å². The van der Waals surface area contributed by atoms with Gasteiger partial charge in [0.2, 0.25) is 0 Å². The van der Waals surface area contributed by atoms with E-state index in [1.807, 2.05) is 11.8 Å². The van der Waals surface area contributed by atoms with Gasteiger partial charge in [0.1, 0.15) is 5.78 Å². The molecule has 3 aliphatic rings. The lowest BCUT2D eigenvalue weighted by atomic mass is 9.81. The second-order valence-corrected chi connectivity index (χ2v) is 7.47. The first-order chi connectivity index (χ1) is 9.27. The van der Waals surface area contributed by atoms with Gasteiger partial charge in [0.05, 0.1) is 5.60 Å². The molecule has 0 radical (unpaired) electrons. The largest absolute Gasteiger partial charge is 0.375 e. The Morgan fingerprint density at radius 1 is 1.37 bits per heavy atom. The standard InChI is InChI=1S/C15H25NO2S/c17-14(9-13-11-19-8-6-16-13)12-3-7-18-15(10-12)4-1-2-5-15/h12-13,16H,1-11H2. The van der Waals surface area contributed by atoms with E-state index in [1.165, 1.54) is 31.4 Å². The van der Waals surface area contributed by atoms with Crippen molar-refractivity contribution in [2.24, 2.45) is 5.92 Å². The van der Waals surface area contributed by atoms with Crippen LogP contribution in [0.25, 0.3) is 0 Å². The Balaban J connectivity index is 1.54. The molecule has 1 N–H and O–H groups in total. The first-order valence-corrected chi connectivity index (χ1v) is 8.91. The Kier molecular flexibility index (Phi) is 4.50. The summed E-state index contributed by atoms with van der Waals surface area (Å²) >= 11 is 1.97. The van der Waals surface area contributed by atoms with Gasteiger partial charge < -0.3 is 10.1 Å². The minimum absolute atomic E-state index is 0.0767. The van der Waals surface area contributed by atoms with Crippen LogP contribution >= 0.6 is 11.8 Å². The Morgan fingerprint density at radius 2 is 2.21 bits per heavy atom. The second-order valence-electron chi connectivity index (χ2n) is 6.32. The number of hydrogen-bond acceptors (Lipinski definition) is 4. The van der Waals surface area contributed by atoms with Gasteiger partial charge >= 0.3 is 0 Å². The van der Waals surface area contributed by atoms with Gasteiger partial charge in [-0.25, -0.2) is 0 Å². The number of carbonyl (C=O) groups excluding carboxylic acids is 1. The fraction of sp³-hybridized carbons (Fsp3) is 0.933. The summed E-state index contributed by atoms with van der Waals surface area (Å²) in [5.41, 5.74) is 0.0767. The third-order valence-corrected chi connectivity index (χ3v) is 6.04. The SMILES string of the molecule is O=C(CC1CSCCN1)C1CCOC2(CCCC2)C1. The Hall–Kier alpha value is -0.0600. The molecule has 0 aromatic heterocycles. The summed E-state index contributed by atoms with van der Waals surface area (Å²) in [5.74, 6) is 3.03. The van der Waals surface area contributed by atoms with Crippen LogP contribution in [0.5, 0.6) is 0 Å². The summed E-state index contributed by atoms with van der Waals surface area (Å²) in [6.07, 6.45) is 7.58. The average molecular weight is 283 g/mol. The van der Waals surface area contributed by atoms with Crippen LogP contribution in [0.2, 0.25) is 0 Å². The lowest BCUT2D eigenvalue weighted by Gasteiger charge is -2.38. The number of thioether (sulfide) groups is 1. The lowest BCUT2D eigenvalue weighted by Crippen LogP contribution is -2.43. The molecule has 19 heavy (non-hydrogen) atoms. The summed E-state index contributed by atoms with van der Waals surface area (Å²) in [7, 11) is 0. The van der Waals surface area contributed by atoms with Gasteiger partial charge in [0.25, 0.3) is 0 Å². The molecule has 1 aliphatic carbocycles. The third-order valence-electron chi connectivity index (χ3n) is 4.91. The molecular weight excluding hydrogens is 258 g/mol. The Bertz CT molecular complexity index is 322. The highest BCUT2D eigenvalue weighted by Crippen LogP contribution is 2.42. The average Bonchev–Trinajstić information content (AvgIpc) is 2.88. The lowest BCUT2D eigenvalue weighted by molar-refractivity contribution is -0.136. The van der Waals surface area contributed by atoms with Crippen LogP contribution in [0.15, 0.2) is 0 Å². The molecule has 1 spiro atoms. The zero-order chi connectivity index (χ0) is 13.1. The number of Topliss-reactive ketones (excluding diaryl/α,β-unsaturated/α-hetero) is 1. The number of carbonyl (C=O) groups is 1. The van der Waals surface area contributed by atoms with Crippen LogP contribution in [0.4, 0.5) is 0 Å². The zero-order valence-electron chi connectivity index (χ0n) is 11.7. The van der Waals surface area contributed by atoms with Gasteiger partial charge in [-0.15, -0.1) is 0 Å². The predicted octanol–water partition coefficient (Wildman–Crippen LogP) is 2.39. The third kappa shape index (κ3) is 3.34. The van der Waals surface area contributed by atoms with Gasteiger partial charge in [-0.1, -0.05) is 12.8 Å². The van der Waals surface area contributed by atoms with E-state index in [0.717, 1.165) is 38.2 Å². The number of rotatable bonds is 3. The minimum atomic E-state index is 0.0767. The van der Waals surface area contributed by atoms with E-state index in [0.29, 0.717) is 11.8 Å². The topological polar surface area (TPSA) is 38.3 Å². The molecule has 3 fully saturated rings. The molecule has 2 saturated heterocycles. The van der Waals surface area contributed by atoms with E-state index in [-0.39, 0.29) is 11.5 Å². The summed E-state index contributed by atoms with van der Waals surface area (Å²) in [6, 6.07) is 0.411. The van der Waals surface area contributed by atoms with Crippen molar-refractivity contribution in [3.8, 4) is 0 Å². The van der Waals surface area contributed by atoms with Crippen LogP contribution in [0.1, 0.15) is 44.9 Å². The number of nitrogens with one attached hydrogen (secondary N) is 1. The molecule has 0 amide bonds. The highest BCUT2D eigenvalue weighted by molar-refractivity contribution is 7.99. The van der Waals surface area contributed by atoms with Crippen LogP contribution in [0, 0.1) is 5.92 Å². The molecular formula is C15H25NO2S. The van der Waals surface area contributed by atoms with Gasteiger partial charge in [0.15, 0.2) is 0 Å². The summed E-state index contributed by atoms with van der Waals surface area (Å²) < 4.78 is 6.02. The van der Waals surface area contributed by atoms with Crippen LogP contribution in [-0.2, 0) is 9.53 Å². The number of hydrogen-bond donors (Lipinski definition) is 1. The Morgan fingerprint density at radius 3 is 2.95 bits per heavy atom. The summed E-state index contributed by atoms with van der Waals surface area (Å²) in [5, 5.41) is 3.48. The van der Waals surface area contributed by atoms with E-state index in [1.54, 1.807) is 0 Å². The van der Waals surface area contributed by atoms with E-state index >= 15 is 0 Å². The molecule has 0 aromatic carbocycles. The summed E-state index contributed by atoms with van der Waals surface area (Å²) in [6.45, 7) is 1.85. The fourth-order valence-corrected chi connectivity index (χ4v) is 4.78. The maximum atomic E-state index is 12.5. The molecule has 2 heterocycles. The van der Waals surface area contributed by atoms with E-state index < -0.39 is 0 Å². The van der Waals surface area contributed by atoms with E-state index in [9.17, 15) is 4.79 Å². The van der Waals surface area contributed by atoms with Gasteiger partial charge in [-0.3, -0.25) is 4.79 Å². The molecule has 2 aliphatic heterocycles. The predicted molar refractivity (Wildman–Crippen MR) is 78.6 cm³/mol. The molecule has 0 aromatic rings. The Labute approximate surface area is 120 Å². The molecule has 0 bridgehead atoms. The molecule has 108 valence electrons. The van der Waals surface area contributed by atoms with Crippen molar-refractivity contribution in [1.82, 2.24) is 5.32 Å². The van der Waals surface area contributed by atoms with Crippen molar-refractivity contribution in [2.75, 3.05) is 24.7 Å². The van der Waals surface area contributed by atoms with Gasteiger partial charge in [-0.2, -0.15) is 11.8 Å². The second kappa shape index (κ2) is 6.15. The molecule has 3 rings (SSSR count). The number of ether oxygens (including phenoxy) is 1. The highest BCUT2D eigenvalue weighted by atomic mass is 32.2. The fourth-order valence-electron chi connectivity index (χ4n) is 3.83.